The summed E-state index contributed by atoms with van der Waals surface area (Å²) in [7, 11) is 1.92. The molecule has 0 heterocycles. The third kappa shape index (κ3) is 2.83. The summed E-state index contributed by atoms with van der Waals surface area (Å²) in [5.74, 6) is -1.98. The fraction of sp³-hybridized carbons (Fsp3) is 0.909. The van der Waals surface area contributed by atoms with Crippen LogP contribution < -0.4 is 5.73 Å². The van der Waals surface area contributed by atoms with Crippen LogP contribution in [0.1, 0.15) is 32.1 Å². The summed E-state index contributed by atoms with van der Waals surface area (Å²) in [5, 5.41) is 0. The van der Waals surface area contributed by atoms with Crippen molar-refractivity contribution >= 4 is 5.96 Å². The number of nitrogens with zero attached hydrogens (tertiary/aromatic N) is 2. The molecule has 3 nitrogen and oxygen atoms in total. The SMILES string of the molecule is CN(C(N)=NCC1CCC(F)(F)C1)C1CC1. The quantitative estimate of drug-likeness (QED) is 0.594. The molecule has 5 heteroatoms. The lowest BCUT2D eigenvalue weighted by Gasteiger charge is -2.17. The van der Waals surface area contributed by atoms with E-state index < -0.39 is 5.92 Å². The number of rotatable bonds is 3. The van der Waals surface area contributed by atoms with Crippen LogP contribution in [0, 0.1) is 5.92 Å². The highest BCUT2D eigenvalue weighted by atomic mass is 19.3. The first kappa shape index (κ1) is 11.6. The smallest absolute Gasteiger partial charge is 0.248 e. The van der Waals surface area contributed by atoms with Gasteiger partial charge in [-0.05, 0) is 25.2 Å². The summed E-state index contributed by atoms with van der Waals surface area (Å²) in [4.78, 5) is 6.17. The minimum absolute atomic E-state index is 0.00107. The Balaban J connectivity index is 1.79. The maximum atomic E-state index is 12.9. The number of nitrogens with two attached hydrogens (primary N) is 1. The van der Waals surface area contributed by atoms with E-state index >= 15 is 0 Å². The predicted octanol–water partition coefficient (Wildman–Crippen LogP) is 1.83. The zero-order valence-electron chi connectivity index (χ0n) is 9.63. The first-order valence-electron chi connectivity index (χ1n) is 5.88. The Morgan fingerprint density at radius 3 is 2.62 bits per heavy atom. The van der Waals surface area contributed by atoms with Crippen molar-refractivity contribution in [3.05, 3.63) is 0 Å². The van der Waals surface area contributed by atoms with Crippen molar-refractivity contribution in [2.75, 3.05) is 13.6 Å². The normalized spacial score (nSPS) is 29.4. The molecule has 2 fully saturated rings. The van der Waals surface area contributed by atoms with Gasteiger partial charge in [-0.15, -0.1) is 0 Å². The zero-order chi connectivity index (χ0) is 11.8. The average Bonchev–Trinajstić information content (AvgIpc) is 2.99. The molecule has 2 saturated carbocycles. The highest BCUT2D eigenvalue weighted by Gasteiger charge is 2.39. The van der Waals surface area contributed by atoms with E-state index in [0.717, 1.165) is 12.8 Å². The van der Waals surface area contributed by atoms with Gasteiger partial charge in [0.05, 0.1) is 0 Å². The predicted molar refractivity (Wildman–Crippen MR) is 59.6 cm³/mol. The van der Waals surface area contributed by atoms with E-state index in [1.807, 2.05) is 11.9 Å². The molecule has 2 aliphatic carbocycles. The maximum Gasteiger partial charge on any atom is 0.248 e. The number of aliphatic imine (C=N–C) groups is 1. The van der Waals surface area contributed by atoms with Crippen molar-refractivity contribution in [1.29, 1.82) is 0 Å². The lowest BCUT2D eigenvalue weighted by atomic mass is 10.1. The van der Waals surface area contributed by atoms with Crippen molar-refractivity contribution in [3.63, 3.8) is 0 Å². The third-order valence-corrected chi connectivity index (χ3v) is 3.47. The molecular formula is C11H19F2N3. The molecule has 0 aromatic carbocycles. The van der Waals surface area contributed by atoms with Gasteiger partial charge in [-0.2, -0.15) is 0 Å². The fourth-order valence-corrected chi connectivity index (χ4v) is 2.18. The first-order chi connectivity index (χ1) is 7.48. The van der Waals surface area contributed by atoms with Crippen molar-refractivity contribution in [3.8, 4) is 0 Å². The molecule has 2 aliphatic rings. The van der Waals surface area contributed by atoms with E-state index in [-0.39, 0.29) is 18.8 Å². The van der Waals surface area contributed by atoms with Crippen LogP contribution in [0.4, 0.5) is 8.78 Å². The molecule has 0 radical (unpaired) electrons. The Labute approximate surface area is 94.7 Å². The molecule has 1 unspecified atom stereocenters. The Morgan fingerprint density at radius 1 is 1.44 bits per heavy atom. The van der Waals surface area contributed by atoms with E-state index in [1.165, 1.54) is 0 Å². The van der Waals surface area contributed by atoms with E-state index in [9.17, 15) is 8.78 Å². The lowest BCUT2D eigenvalue weighted by Crippen LogP contribution is -2.36. The van der Waals surface area contributed by atoms with Gasteiger partial charge in [-0.1, -0.05) is 0 Å². The maximum absolute atomic E-state index is 12.9. The van der Waals surface area contributed by atoms with Gasteiger partial charge in [0, 0.05) is 32.5 Å². The number of guanidine groups is 1. The van der Waals surface area contributed by atoms with Crippen LogP contribution >= 0.6 is 0 Å². The average molecular weight is 231 g/mol. The molecule has 2 rings (SSSR count). The van der Waals surface area contributed by atoms with Crippen LogP contribution in [0.2, 0.25) is 0 Å². The summed E-state index contributed by atoms with van der Waals surface area (Å²) in [6, 6.07) is 0.522. The highest BCUT2D eigenvalue weighted by molar-refractivity contribution is 5.78. The van der Waals surface area contributed by atoms with Gasteiger partial charge in [0.2, 0.25) is 5.92 Å². The van der Waals surface area contributed by atoms with E-state index in [4.69, 9.17) is 5.73 Å². The molecule has 0 aliphatic heterocycles. The molecule has 92 valence electrons. The first-order valence-corrected chi connectivity index (χ1v) is 5.88. The molecule has 2 N–H and O–H groups in total. The number of hydrogen-bond donors (Lipinski definition) is 1. The van der Waals surface area contributed by atoms with Crippen LogP contribution in [0.15, 0.2) is 4.99 Å². The second-order valence-corrected chi connectivity index (χ2v) is 5.01. The van der Waals surface area contributed by atoms with E-state index in [0.29, 0.717) is 25.0 Å². The number of alkyl halides is 2. The van der Waals surface area contributed by atoms with Crippen molar-refractivity contribution in [2.24, 2.45) is 16.6 Å². The standard InChI is InChI=1S/C11H19F2N3/c1-16(9-2-3-9)10(14)15-7-8-4-5-11(12,13)6-8/h8-9H,2-7H2,1H3,(H2,14,15). The van der Waals surface area contributed by atoms with Gasteiger partial charge < -0.3 is 10.6 Å². The second-order valence-electron chi connectivity index (χ2n) is 5.01. The van der Waals surface area contributed by atoms with Crippen LogP contribution in [0.5, 0.6) is 0 Å². The Bertz CT molecular complexity index is 287. The molecule has 0 saturated heterocycles. The molecular weight excluding hydrogens is 212 g/mol. The molecule has 1 atom stereocenters. The summed E-state index contributed by atoms with van der Waals surface area (Å²) < 4.78 is 25.9. The summed E-state index contributed by atoms with van der Waals surface area (Å²) in [6.07, 6.45) is 2.86. The molecule has 0 spiro atoms. The van der Waals surface area contributed by atoms with Crippen LogP contribution in [0.25, 0.3) is 0 Å². The van der Waals surface area contributed by atoms with Crippen LogP contribution in [-0.2, 0) is 0 Å². The molecule has 0 amide bonds. The van der Waals surface area contributed by atoms with Gasteiger partial charge in [-0.3, -0.25) is 4.99 Å². The topological polar surface area (TPSA) is 41.6 Å². The van der Waals surface area contributed by atoms with Crippen molar-refractivity contribution in [2.45, 2.75) is 44.1 Å². The monoisotopic (exact) mass is 231 g/mol. The van der Waals surface area contributed by atoms with Crippen LogP contribution in [-0.4, -0.2) is 36.4 Å². The largest absolute Gasteiger partial charge is 0.370 e. The third-order valence-electron chi connectivity index (χ3n) is 3.47. The molecule has 16 heavy (non-hydrogen) atoms. The van der Waals surface area contributed by atoms with E-state index in [2.05, 4.69) is 4.99 Å². The fourth-order valence-electron chi connectivity index (χ4n) is 2.18. The summed E-state index contributed by atoms with van der Waals surface area (Å²) >= 11 is 0. The molecule has 0 aromatic rings. The number of hydrogen-bond acceptors (Lipinski definition) is 1. The van der Waals surface area contributed by atoms with Gasteiger partial charge in [0.15, 0.2) is 5.96 Å². The zero-order valence-corrected chi connectivity index (χ0v) is 9.63. The van der Waals surface area contributed by atoms with Crippen molar-refractivity contribution in [1.82, 2.24) is 4.90 Å². The van der Waals surface area contributed by atoms with Crippen molar-refractivity contribution < 1.29 is 8.78 Å². The second kappa shape index (κ2) is 4.18. The summed E-state index contributed by atoms with van der Waals surface area (Å²) in [6.45, 7) is 0.443. The Hall–Kier alpha value is -0.870. The highest BCUT2D eigenvalue weighted by Crippen LogP contribution is 2.38. The Kier molecular flexibility index (Phi) is 3.04. The molecule has 0 aromatic heterocycles. The van der Waals surface area contributed by atoms with Crippen LogP contribution in [0.3, 0.4) is 0 Å². The Morgan fingerprint density at radius 2 is 2.12 bits per heavy atom. The minimum Gasteiger partial charge on any atom is -0.370 e. The minimum atomic E-state index is -2.47. The van der Waals surface area contributed by atoms with Gasteiger partial charge in [0.25, 0.3) is 0 Å². The summed E-state index contributed by atoms with van der Waals surface area (Å²) in [5.41, 5.74) is 5.79. The number of halogens is 2. The van der Waals surface area contributed by atoms with Gasteiger partial charge in [0.1, 0.15) is 0 Å². The van der Waals surface area contributed by atoms with Gasteiger partial charge >= 0.3 is 0 Å². The lowest BCUT2D eigenvalue weighted by molar-refractivity contribution is 0.00541. The van der Waals surface area contributed by atoms with E-state index in [1.54, 1.807) is 0 Å². The molecule has 0 bridgehead atoms. The van der Waals surface area contributed by atoms with Gasteiger partial charge in [-0.25, -0.2) is 8.78 Å².